The van der Waals surface area contributed by atoms with E-state index in [-0.39, 0.29) is 38.8 Å². The molecule has 1 atom stereocenters. The molecule has 1 heterocycles. The molecule has 1 amide bonds. The Bertz CT molecular complexity index is 1320. The van der Waals surface area contributed by atoms with Gasteiger partial charge in [0.05, 0.1) is 28.1 Å². The van der Waals surface area contributed by atoms with Crippen molar-refractivity contribution in [1.82, 2.24) is 4.98 Å². The van der Waals surface area contributed by atoms with Crippen LogP contribution in [0.5, 0.6) is 0 Å². The number of nitrogens with zero attached hydrogens (tertiary/aromatic N) is 1. The van der Waals surface area contributed by atoms with Crippen molar-refractivity contribution in [2.24, 2.45) is 5.41 Å². The van der Waals surface area contributed by atoms with E-state index in [1.165, 1.54) is 12.4 Å². The third-order valence-corrected chi connectivity index (χ3v) is 6.01. The molecule has 36 heavy (non-hydrogen) atoms. The Morgan fingerprint density at radius 1 is 1.00 bits per heavy atom. The van der Waals surface area contributed by atoms with E-state index in [2.05, 4.69) is 41.7 Å². The molecule has 9 nitrogen and oxygen atoms in total. The van der Waals surface area contributed by atoms with Crippen LogP contribution < -0.4 is 26.8 Å². The first-order chi connectivity index (χ1) is 16.9. The highest BCUT2D eigenvalue weighted by atomic mass is 35.5. The van der Waals surface area contributed by atoms with E-state index >= 15 is 0 Å². The Labute approximate surface area is 217 Å². The third kappa shape index (κ3) is 6.61. The Kier molecular flexibility index (Phi) is 8.37. The molecule has 3 aromatic rings. The number of hydrogen-bond donors (Lipinski definition) is 4. The minimum atomic E-state index is -1.09. The highest BCUT2D eigenvalue weighted by Crippen LogP contribution is 2.28. The summed E-state index contributed by atoms with van der Waals surface area (Å²) in [6.45, 7) is 6.67. The number of anilines is 3. The lowest BCUT2D eigenvalue weighted by Gasteiger charge is -2.23. The molecule has 2 aromatic carbocycles. The first-order valence-electron chi connectivity index (χ1n) is 11.1. The molecule has 3 rings (SSSR count). The van der Waals surface area contributed by atoms with Crippen molar-refractivity contribution in [3.05, 3.63) is 78.3 Å². The maximum absolute atomic E-state index is 12.6. The van der Waals surface area contributed by atoms with Gasteiger partial charge in [0.25, 0.3) is 16.8 Å². The second kappa shape index (κ2) is 11.1. The fraction of sp³-hybridized carbons (Fsp3) is 0.320. The Balaban J connectivity index is 1.76. The van der Waals surface area contributed by atoms with E-state index < -0.39 is 28.8 Å². The highest BCUT2D eigenvalue weighted by Gasteiger charge is 2.26. The number of carbonyl (C=O) groups excluding carboxylic acids is 1. The van der Waals surface area contributed by atoms with Crippen molar-refractivity contribution < 1.29 is 14.7 Å². The maximum atomic E-state index is 12.6. The number of carboxylic acids is 1. The molecule has 0 spiro atoms. The summed E-state index contributed by atoms with van der Waals surface area (Å²) in [4.78, 5) is 52.2. The van der Waals surface area contributed by atoms with Gasteiger partial charge in [-0.3, -0.25) is 24.2 Å². The summed E-state index contributed by atoms with van der Waals surface area (Å²) in [5.41, 5.74) is -0.0201. The fourth-order valence-electron chi connectivity index (χ4n) is 3.48. The van der Waals surface area contributed by atoms with E-state index in [1.54, 1.807) is 24.3 Å². The second-order valence-electron chi connectivity index (χ2n) is 9.49. The number of halogens is 2. The molecular formula is C25H26Cl2N4O5. The van der Waals surface area contributed by atoms with Crippen LogP contribution in [0.1, 0.15) is 55.6 Å². The molecule has 0 radical (unpaired) electrons. The van der Waals surface area contributed by atoms with Crippen LogP contribution in [0.15, 0.2) is 46.2 Å². The predicted octanol–water partition coefficient (Wildman–Crippen LogP) is 4.71. The van der Waals surface area contributed by atoms with Crippen LogP contribution in [0, 0.1) is 5.41 Å². The van der Waals surface area contributed by atoms with Gasteiger partial charge in [-0.15, -0.1) is 0 Å². The highest BCUT2D eigenvalue weighted by molar-refractivity contribution is 6.40. The molecule has 0 aliphatic heterocycles. The number of aromatic nitrogens is 1. The molecule has 190 valence electrons. The van der Waals surface area contributed by atoms with Gasteiger partial charge < -0.3 is 21.1 Å². The number of carbonyl (C=O) groups is 2. The van der Waals surface area contributed by atoms with Crippen LogP contribution in [0.3, 0.4) is 0 Å². The quantitative estimate of drug-likeness (QED) is 0.275. The average Bonchev–Trinajstić information content (AvgIpc) is 2.79. The zero-order valence-corrected chi connectivity index (χ0v) is 21.5. The summed E-state index contributed by atoms with van der Waals surface area (Å²) in [5.74, 6) is -1.62. The van der Waals surface area contributed by atoms with Gasteiger partial charge >= 0.3 is 5.97 Å². The van der Waals surface area contributed by atoms with Crippen LogP contribution in [-0.2, 0) is 4.79 Å². The topological polar surface area (TPSA) is 137 Å². The monoisotopic (exact) mass is 532 g/mol. The third-order valence-electron chi connectivity index (χ3n) is 5.44. The zero-order chi connectivity index (χ0) is 26.6. The van der Waals surface area contributed by atoms with Gasteiger partial charge in [0.15, 0.2) is 0 Å². The van der Waals surface area contributed by atoms with Crippen molar-refractivity contribution in [2.75, 3.05) is 22.5 Å². The van der Waals surface area contributed by atoms with Gasteiger partial charge in [-0.05, 0) is 29.5 Å². The number of pyridine rings is 1. The van der Waals surface area contributed by atoms with E-state index in [0.29, 0.717) is 17.8 Å². The van der Waals surface area contributed by atoms with Crippen molar-refractivity contribution in [3.63, 3.8) is 0 Å². The normalized spacial score (nSPS) is 12.2. The molecule has 0 aliphatic carbocycles. The van der Waals surface area contributed by atoms with Crippen LogP contribution >= 0.6 is 23.2 Å². The summed E-state index contributed by atoms with van der Waals surface area (Å²) in [6, 6.07) is 5.60. The zero-order valence-electron chi connectivity index (χ0n) is 19.9. The molecule has 0 saturated carbocycles. The average molecular weight is 533 g/mol. The van der Waals surface area contributed by atoms with Crippen molar-refractivity contribution in [3.8, 4) is 0 Å². The van der Waals surface area contributed by atoms with Crippen LogP contribution in [0.2, 0.25) is 10.0 Å². The van der Waals surface area contributed by atoms with Crippen LogP contribution in [0.4, 0.5) is 17.1 Å². The largest absolute Gasteiger partial charge is 0.481 e. The van der Waals surface area contributed by atoms with Crippen molar-refractivity contribution in [1.29, 1.82) is 0 Å². The van der Waals surface area contributed by atoms with E-state index in [9.17, 15) is 24.3 Å². The fourth-order valence-corrected chi connectivity index (χ4v) is 4.02. The van der Waals surface area contributed by atoms with E-state index in [4.69, 9.17) is 23.2 Å². The van der Waals surface area contributed by atoms with Crippen molar-refractivity contribution >= 4 is 52.1 Å². The Morgan fingerprint density at radius 3 is 2.14 bits per heavy atom. The number of nitrogens with one attached hydrogen (secondary N) is 3. The lowest BCUT2D eigenvalue weighted by atomic mass is 9.92. The maximum Gasteiger partial charge on any atom is 0.305 e. The lowest BCUT2D eigenvalue weighted by Crippen LogP contribution is -2.38. The lowest BCUT2D eigenvalue weighted by molar-refractivity contribution is -0.137. The molecular weight excluding hydrogens is 507 g/mol. The van der Waals surface area contributed by atoms with Gasteiger partial charge in [0.2, 0.25) is 0 Å². The van der Waals surface area contributed by atoms with Gasteiger partial charge in [0.1, 0.15) is 11.4 Å². The first kappa shape index (κ1) is 27.2. The van der Waals surface area contributed by atoms with Gasteiger partial charge in [0, 0.05) is 24.6 Å². The summed E-state index contributed by atoms with van der Waals surface area (Å²) in [7, 11) is 0. The van der Waals surface area contributed by atoms with E-state index in [0.717, 1.165) is 6.42 Å². The van der Waals surface area contributed by atoms with Crippen LogP contribution in [-0.4, -0.2) is 28.5 Å². The van der Waals surface area contributed by atoms with Crippen molar-refractivity contribution in [2.45, 2.75) is 39.7 Å². The summed E-state index contributed by atoms with van der Waals surface area (Å²) >= 11 is 12.1. The first-order valence-corrected chi connectivity index (χ1v) is 11.9. The Hall–Kier alpha value is -3.43. The minimum Gasteiger partial charge on any atom is -0.481 e. The standard InChI is InChI=1S/C25H26Cl2N4O5/c1-25(2,3)8-9-29-20-21(23(35)22(20)34)31-17(10-18(32)33)13-4-6-14(7-5-13)30-24(36)19-15(26)11-28-12-16(19)27/h4-7,11-12,17,29,31H,8-10H2,1-3H3,(H,30,36)(H,32,33)/t17-/m0/s1. The Morgan fingerprint density at radius 2 is 1.58 bits per heavy atom. The van der Waals surface area contributed by atoms with Gasteiger partial charge in [-0.1, -0.05) is 56.1 Å². The number of amides is 1. The predicted molar refractivity (Wildman–Crippen MR) is 141 cm³/mol. The molecule has 1 aromatic heterocycles. The minimum absolute atomic E-state index is 0.0367. The SMILES string of the molecule is CC(C)(C)CCNc1c(N[C@@H](CC(=O)O)c2ccc(NC(=O)c3c(Cl)cncc3Cl)cc2)c(=O)c1=O. The number of aliphatic carboxylic acids is 1. The van der Waals surface area contributed by atoms with Gasteiger partial charge in [-0.2, -0.15) is 0 Å². The smallest absolute Gasteiger partial charge is 0.305 e. The second-order valence-corrected chi connectivity index (χ2v) is 10.3. The molecule has 11 heteroatoms. The summed E-state index contributed by atoms with van der Waals surface area (Å²) in [5, 5.41) is 18.2. The molecule has 4 N–H and O–H groups in total. The number of benzene rings is 1. The molecule has 0 bridgehead atoms. The van der Waals surface area contributed by atoms with E-state index in [1.807, 2.05) is 0 Å². The molecule has 0 fully saturated rings. The van der Waals surface area contributed by atoms with Gasteiger partial charge in [-0.25, -0.2) is 0 Å². The molecule has 0 unspecified atom stereocenters. The number of rotatable bonds is 10. The number of hydrogen-bond acceptors (Lipinski definition) is 7. The molecule has 0 aliphatic rings. The summed E-state index contributed by atoms with van der Waals surface area (Å²) < 4.78 is 0. The molecule has 0 saturated heterocycles. The summed E-state index contributed by atoms with van der Waals surface area (Å²) in [6.07, 6.45) is 3.04. The number of carboxylic acid groups (broad SMARTS) is 1. The van der Waals surface area contributed by atoms with Crippen LogP contribution in [0.25, 0.3) is 0 Å².